The molecule has 138 valence electrons. The molecule has 0 spiro atoms. The lowest BCUT2D eigenvalue weighted by Crippen LogP contribution is -2.48. The van der Waals surface area contributed by atoms with Crippen molar-refractivity contribution in [3.8, 4) is 0 Å². The third kappa shape index (κ3) is 4.83. The second-order valence-corrected chi connectivity index (χ2v) is 7.62. The zero-order valence-corrected chi connectivity index (χ0v) is 16.7. The Kier molecular flexibility index (Phi) is 6.30. The largest absolute Gasteiger partial charge is 0.369 e. The van der Waals surface area contributed by atoms with Crippen molar-refractivity contribution in [3.05, 3.63) is 57.0 Å². The van der Waals surface area contributed by atoms with Gasteiger partial charge in [0.25, 0.3) is 0 Å². The summed E-state index contributed by atoms with van der Waals surface area (Å²) in [5.74, 6) is -0.0293. The van der Waals surface area contributed by atoms with Crippen LogP contribution in [0.5, 0.6) is 0 Å². The number of benzene rings is 2. The minimum Gasteiger partial charge on any atom is -0.369 e. The number of halogens is 3. The fourth-order valence-electron chi connectivity index (χ4n) is 2.97. The Morgan fingerprint density at radius 2 is 1.73 bits per heavy atom. The van der Waals surface area contributed by atoms with E-state index in [0.717, 1.165) is 43.1 Å². The van der Waals surface area contributed by atoms with Gasteiger partial charge < -0.3 is 10.2 Å². The molecule has 7 heteroatoms. The lowest BCUT2D eigenvalue weighted by molar-refractivity contribution is -0.117. The Morgan fingerprint density at radius 1 is 1.00 bits per heavy atom. The number of aryl methyl sites for hydroxylation is 1. The Bertz CT molecular complexity index is 805. The first-order valence-electron chi connectivity index (χ1n) is 8.41. The van der Waals surface area contributed by atoms with Crippen LogP contribution in [0.2, 0.25) is 15.1 Å². The first-order chi connectivity index (χ1) is 12.4. The van der Waals surface area contributed by atoms with E-state index in [1.165, 1.54) is 0 Å². The van der Waals surface area contributed by atoms with Gasteiger partial charge in [0.05, 0.1) is 16.6 Å². The molecule has 26 heavy (non-hydrogen) atoms. The van der Waals surface area contributed by atoms with Crippen molar-refractivity contribution in [3.63, 3.8) is 0 Å². The van der Waals surface area contributed by atoms with Crippen LogP contribution in [0.25, 0.3) is 0 Å². The Morgan fingerprint density at radius 3 is 2.42 bits per heavy atom. The molecule has 1 aliphatic heterocycles. The molecule has 1 N–H and O–H groups in total. The van der Waals surface area contributed by atoms with Crippen molar-refractivity contribution in [2.24, 2.45) is 0 Å². The summed E-state index contributed by atoms with van der Waals surface area (Å²) < 4.78 is 0. The summed E-state index contributed by atoms with van der Waals surface area (Å²) in [4.78, 5) is 16.7. The molecule has 1 aliphatic rings. The number of anilines is 2. The fraction of sp³-hybridized carbons (Fsp3) is 0.316. The lowest BCUT2D eigenvalue weighted by atomic mass is 10.2. The Balaban J connectivity index is 1.52. The number of nitrogens with one attached hydrogen (secondary N) is 1. The first-order valence-corrected chi connectivity index (χ1v) is 9.54. The predicted molar refractivity (Wildman–Crippen MR) is 110 cm³/mol. The number of rotatable bonds is 4. The molecule has 1 heterocycles. The highest BCUT2D eigenvalue weighted by Gasteiger charge is 2.20. The highest BCUT2D eigenvalue weighted by molar-refractivity contribution is 6.42. The van der Waals surface area contributed by atoms with Crippen molar-refractivity contribution in [1.82, 2.24) is 4.90 Å². The van der Waals surface area contributed by atoms with E-state index in [1.807, 2.05) is 37.3 Å². The number of hydrogen-bond donors (Lipinski definition) is 1. The van der Waals surface area contributed by atoms with Crippen molar-refractivity contribution in [2.45, 2.75) is 6.92 Å². The molecule has 0 aromatic heterocycles. The van der Waals surface area contributed by atoms with Gasteiger partial charge in [0.2, 0.25) is 5.91 Å². The molecule has 4 nitrogen and oxygen atoms in total. The molecule has 0 atom stereocenters. The number of amides is 1. The molecule has 2 aromatic carbocycles. The molecule has 0 radical (unpaired) electrons. The molecule has 1 amide bonds. The normalized spacial score (nSPS) is 15.2. The Labute approximate surface area is 168 Å². The summed E-state index contributed by atoms with van der Waals surface area (Å²) in [7, 11) is 0. The molecule has 2 aromatic rings. The average Bonchev–Trinajstić information content (AvgIpc) is 2.61. The van der Waals surface area contributed by atoms with Gasteiger partial charge in [-0.05, 0) is 42.8 Å². The molecule has 1 fully saturated rings. The van der Waals surface area contributed by atoms with Crippen LogP contribution in [0.4, 0.5) is 11.4 Å². The Hall–Kier alpha value is -1.46. The molecular formula is C19H20Cl3N3O. The van der Waals surface area contributed by atoms with Crippen LogP contribution >= 0.6 is 34.8 Å². The minimum absolute atomic E-state index is 0.0293. The summed E-state index contributed by atoms with van der Waals surface area (Å²) >= 11 is 18.1. The third-order valence-corrected chi connectivity index (χ3v) is 5.46. The summed E-state index contributed by atoms with van der Waals surface area (Å²) in [6.07, 6.45) is 0. The van der Waals surface area contributed by atoms with E-state index in [1.54, 1.807) is 6.07 Å². The topological polar surface area (TPSA) is 35.6 Å². The zero-order chi connectivity index (χ0) is 18.7. The van der Waals surface area contributed by atoms with E-state index in [9.17, 15) is 4.79 Å². The number of hydrogen-bond acceptors (Lipinski definition) is 3. The number of nitrogens with zero attached hydrogens (tertiary/aromatic N) is 2. The van der Waals surface area contributed by atoms with E-state index < -0.39 is 0 Å². The second-order valence-electron chi connectivity index (χ2n) is 6.37. The standard InChI is InChI=1S/C19H20Cl3N3O/c1-13-2-3-14(20)10-18(13)23-19(26)12-24-6-8-25(9-7-24)15-4-5-16(21)17(22)11-15/h2-5,10-11H,6-9,12H2,1H3,(H,23,26). The van der Waals surface area contributed by atoms with Gasteiger partial charge in [0.1, 0.15) is 0 Å². The molecular weight excluding hydrogens is 393 g/mol. The van der Waals surface area contributed by atoms with Crippen molar-refractivity contribution in [2.75, 3.05) is 42.9 Å². The van der Waals surface area contributed by atoms with Crippen LogP contribution in [-0.2, 0) is 4.79 Å². The smallest absolute Gasteiger partial charge is 0.238 e. The van der Waals surface area contributed by atoms with Crippen LogP contribution in [0.1, 0.15) is 5.56 Å². The molecule has 3 rings (SSSR count). The molecule has 1 saturated heterocycles. The van der Waals surface area contributed by atoms with Gasteiger partial charge >= 0.3 is 0 Å². The quantitative estimate of drug-likeness (QED) is 0.789. The van der Waals surface area contributed by atoms with E-state index in [4.69, 9.17) is 34.8 Å². The van der Waals surface area contributed by atoms with Crippen molar-refractivity contribution in [1.29, 1.82) is 0 Å². The van der Waals surface area contributed by atoms with Crippen LogP contribution in [0.15, 0.2) is 36.4 Å². The van der Waals surface area contributed by atoms with Gasteiger partial charge in [-0.1, -0.05) is 40.9 Å². The van der Waals surface area contributed by atoms with Crippen LogP contribution < -0.4 is 10.2 Å². The number of piperazine rings is 1. The maximum absolute atomic E-state index is 12.3. The van der Waals surface area contributed by atoms with E-state index >= 15 is 0 Å². The summed E-state index contributed by atoms with van der Waals surface area (Å²) in [6, 6.07) is 11.2. The monoisotopic (exact) mass is 411 g/mol. The van der Waals surface area contributed by atoms with E-state index in [-0.39, 0.29) is 5.91 Å². The summed E-state index contributed by atoms with van der Waals surface area (Å²) in [6.45, 7) is 5.59. The van der Waals surface area contributed by atoms with Crippen LogP contribution in [-0.4, -0.2) is 43.5 Å². The minimum atomic E-state index is -0.0293. The second kappa shape index (κ2) is 8.49. The maximum atomic E-state index is 12.3. The van der Waals surface area contributed by atoms with Crippen molar-refractivity contribution >= 4 is 52.1 Å². The van der Waals surface area contributed by atoms with Gasteiger partial charge in [0, 0.05) is 42.6 Å². The van der Waals surface area contributed by atoms with Crippen LogP contribution in [0.3, 0.4) is 0 Å². The van der Waals surface area contributed by atoms with E-state index in [0.29, 0.717) is 21.6 Å². The first kappa shape index (κ1) is 19.3. The van der Waals surface area contributed by atoms with Crippen molar-refractivity contribution < 1.29 is 4.79 Å². The van der Waals surface area contributed by atoms with Crippen LogP contribution in [0, 0.1) is 6.92 Å². The fourth-order valence-corrected chi connectivity index (χ4v) is 3.43. The highest BCUT2D eigenvalue weighted by atomic mass is 35.5. The lowest BCUT2D eigenvalue weighted by Gasteiger charge is -2.35. The summed E-state index contributed by atoms with van der Waals surface area (Å²) in [5, 5.41) is 4.67. The van der Waals surface area contributed by atoms with Gasteiger partial charge in [-0.2, -0.15) is 0 Å². The highest BCUT2D eigenvalue weighted by Crippen LogP contribution is 2.27. The summed E-state index contributed by atoms with van der Waals surface area (Å²) in [5.41, 5.74) is 2.81. The van der Waals surface area contributed by atoms with Gasteiger partial charge in [-0.3, -0.25) is 9.69 Å². The van der Waals surface area contributed by atoms with Gasteiger partial charge in [-0.25, -0.2) is 0 Å². The number of carbonyl (C=O) groups is 1. The SMILES string of the molecule is Cc1ccc(Cl)cc1NC(=O)CN1CCN(c2ccc(Cl)c(Cl)c2)CC1. The van der Waals surface area contributed by atoms with Gasteiger partial charge in [0.15, 0.2) is 0 Å². The number of carbonyl (C=O) groups excluding carboxylic acids is 1. The molecule has 0 bridgehead atoms. The predicted octanol–water partition coefficient (Wildman–Crippen LogP) is 4.72. The average molecular weight is 413 g/mol. The molecule has 0 saturated carbocycles. The third-order valence-electron chi connectivity index (χ3n) is 4.48. The molecule has 0 aliphatic carbocycles. The zero-order valence-electron chi connectivity index (χ0n) is 14.4. The van der Waals surface area contributed by atoms with E-state index in [2.05, 4.69) is 15.1 Å². The maximum Gasteiger partial charge on any atom is 0.238 e. The van der Waals surface area contributed by atoms with Gasteiger partial charge in [-0.15, -0.1) is 0 Å². The molecule has 0 unspecified atom stereocenters.